The summed E-state index contributed by atoms with van der Waals surface area (Å²) in [5.41, 5.74) is 2.79. The van der Waals surface area contributed by atoms with Crippen molar-refractivity contribution in [2.75, 3.05) is 13.1 Å². The first-order chi connectivity index (χ1) is 16.7. The fourth-order valence-corrected chi connectivity index (χ4v) is 5.86. The third kappa shape index (κ3) is 5.23. The molecule has 0 bridgehead atoms. The van der Waals surface area contributed by atoms with Gasteiger partial charge in [0, 0.05) is 30.6 Å². The number of carbonyl (C=O) groups excluding carboxylic acids is 1. The topological polar surface area (TPSA) is 63.9 Å². The van der Waals surface area contributed by atoms with Gasteiger partial charge < -0.3 is 4.90 Å². The summed E-state index contributed by atoms with van der Waals surface area (Å²) in [5, 5.41) is 12.7. The molecule has 0 aliphatic carbocycles. The first-order valence-corrected chi connectivity index (χ1v) is 13.4. The van der Waals surface area contributed by atoms with Gasteiger partial charge in [-0.1, -0.05) is 67.2 Å². The Labute approximate surface area is 208 Å². The number of benzene rings is 2. The van der Waals surface area contributed by atoms with E-state index in [1.807, 2.05) is 46.7 Å². The molecule has 1 aliphatic heterocycles. The molecule has 0 atom stereocenters. The maximum absolute atomic E-state index is 12.8. The average Bonchev–Trinajstić information content (AvgIpc) is 3.51. The molecule has 1 amide bonds. The van der Waals surface area contributed by atoms with Crippen LogP contribution in [0.1, 0.15) is 46.6 Å². The van der Waals surface area contributed by atoms with Crippen molar-refractivity contribution in [1.82, 2.24) is 24.6 Å². The Morgan fingerprint density at radius 1 is 1.03 bits per heavy atom. The van der Waals surface area contributed by atoms with E-state index in [1.165, 1.54) is 16.9 Å². The van der Waals surface area contributed by atoms with Gasteiger partial charge in [0.05, 0.1) is 5.75 Å². The van der Waals surface area contributed by atoms with E-state index in [2.05, 4.69) is 50.9 Å². The number of nitrogens with zero attached hydrogens (tertiary/aromatic N) is 5. The summed E-state index contributed by atoms with van der Waals surface area (Å²) in [6, 6.07) is 20.5. The van der Waals surface area contributed by atoms with Crippen LogP contribution in [0.3, 0.4) is 0 Å². The van der Waals surface area contributed by atoms with Crippen molar-refractivity contribution in [3.8, 4) is 5.69 Å². The van der Waals surface area contributed by atoms with E-state index in [-0.39, 0.29) is 5.91 Å². The van der Waals surface area contributed by atoms with Gasteiger partial charge in [0.1, 0.15) is 16.5 Å². The zero-order valence-corrected chi connectivity index (χ0v) is 20.8. The third-order valence-corrected chi connectivity index (χ3v) is 8.06. The monoisotopic (exact) mass is 489 g/mol. The van der Waals surface area contributed by atoms with Crippen molar-refractivity contribution < 1.29 is 4.79 Å². The van der Waals surface area contributed by atoms with Crippen molar-refractivity contribution in [3.63, 3.8) is 0 Å². The summed E-state index contributed by atoms with van der Waals surface area (Å²) in [6.07, 6.45) is 2.84. The lowest BCUT2D eigenvalue weighted by atomic mass is 9.99. The van der Waals surface area contributed by atoms with Crippen molar-refractivity contribution in [3.05, 3.63) is 88.1 Å². The Balaban J connectivity index is 1.32. The number of para-hydroxylation sites is 1. The number of rotatable bonds is 7. The largest absolute Gasteiger partial charge is 0.337 e. The number of amides is 1. The van der Waals surface area contributed by atoms with E-state index >= 15 is 0 Å². The van der Waals surface area contributed by atoms with Crippen molar-refractivity contribution in [2.45, 2.75) is 37.1 Å². The highest BCUT2D eigenvalue weighted by Gasteiger charge is 2.23. The Morgan fingerprint density at radius 3 is 2.47 bits per heavy atom. The number of piperidine rings is 1. The highest BCUT2D eigenvalue weighted by Crippen LogP contribution is 2.28. The first kappa shape index (κ1) is 22.8. The van der Waals surface area contributed by atoms with Gasteiger partial charge in [-0.05, 0) is 36.5 Å². The van der Waals surface area contributed by atoms with Crippen LogP contribution in [0.15, 0.2) is 71.2 Å². The summed E-state index contributed by atoms with van der Waals surface area (Å²) < 4.78 is 2.12. The lowest BCUT2D eigenvalue weighted by molar-refractivity contribution is 0.0692. The van der Waals surface area contributed by atoms with Crippen molar-refractivity contribution in [1.29, 1.82) is 0 Å². The molecule has 1 fully saturated rings. The quantitative estimate of drug-likeness (QED) is 0.322. The van der Waals surface area contributed by atoms with Gasteiger partial charge >= 0.3 is 0 Å². The summed E-state index contributed by atoms with van der Waals surface area (Å²) in [7, 11) is 0. The molecule has 6 nitrogen and oxygen atoms in total. The second-order valence-corrected chi connectivity index (χ2v) is 10.5. The second kappa shape index (κ2) is 10.5. The smallest absolute Gasteiger partial charge is 0.273 e. The molecule has 0 radical (unpaired) electrons. The van der Waals surface area contributed by atoms with Crippen LogP contribution >= 0.6 is 23.1 Å². The molecular weight excluding hydrogens is 462 g/mol. The van der Waals surface area contributed by atoms with E-state index in [4.69, 9.17) is 0 Å². The van der Waals surface area contributed by atoms with Gasteiger partial charge in [-0.2, -0.15) is 0 Å². The molecule has 5 rings (SSSR count). The minimum atomic E-state index is 0.0528. The Morgan fingerprint density at radius 2 is 1.74 bits per heavy atom. The predicted molar refractivity (Wildman–Crippen MR) is 137 cm³/mol. The third-order valence-electron chi connectivity index (χ3n) is 6.09. The van der Waals surface area contributed by atoms with Crippen LogP contribution in [0.2, 0.25) is 0 Å². The normalized spacial score (nSPS) is 14.4. The molecule has 4 aromatic rings. The van der Waals surface area contributed by atoms with E-state index in [1.54, 1.807) is 11.8 Å². The summed E-state index contributed by atoms with van der Waals surface area (Å²) >= 11 is 3.14. The van der Waals surface area contributed by atoms with Crippen molar-refractivity contribution in [2.24, 2.45) is 5.92 Å². The van der Waals surface area contributed by atoms with Crippen LogP contribution in [0, 0.1) is 5.92 Å². The Bertz CT molecular complexity index is 1230. The highest BCUT2D eigenvalue weighted by molar-refractivity contribution is 7.98. The lowest BCUT2D eigenvalue weighted by Gasteiger charge is -2.29. The second-order valence-electron chi connectivity index (χ2n) is 8.62. The van der Waals surface area contributed by atoms with E-state index in [0.29, 0.717) is 23.8 Å². The van der Waals surface area contributed by atoms with E-state index < -0.39 is 0 Å². The van der Waals surface area contributed by atoms with Crippen LogP contribution in [0.4, 0.5) is 0 Å². The van der Waals surface area contributed by atoms with Crippen LogP contribution < -0.4 is 0 Å². The van der Waals surface area contributed by atoms with Gasteiger partial charge in [0.15, 0.2) is 5.16 Å². The number of thioether (sulfide) groups is 1. The molecular formula is C26H27N5OS2. The molecule has 0 saturated carbocycles. The summed E-state index contributed by atoms with van der Waals surface area (Å²) in [4.78, 5) is 19.4. The highest BCUT2D eigenvalue weighted by atomic mass is 32.2. The minimum Gasteiger partial charge on any atom is -0.337 e. The van der Waals surface area contributed by atoms with E-state index in [0.717, 1.165) is 47.6 Å². The molecule has 3 heterocycles. The maximum Gasteiger partial charge on any atom is 0.273 e. The fraction of sp³-hybridized carbons (Fsp3) is 0.308. The molecule has 1 saturated heterocycles. The SMILES string of the molecule is CC1CCN(C(=O)c2csc(CSc3nnc(Cc4ccccc4)n3-c3ccccc3)n2)CC1. The number of aromatic nitrogens is 4. The van der Waals surface area contributed by atoms with Crippen LogP contribution in [-0.4, -0.2) is 43.6 Å². The molecule has 2 aromatic heterocycles. The average molecular weight is 490 g/mol. The molecule has 8 heteroatoms. The number of carbonyl (C=O) groups is 1. The van der Waals surface area contributed by atoms with Gasteiger partial charge in [-0.25, -0.2) is 4.98 Å². The molecule has 0 spiro atoms. The van der Waals surface area contributed by atoms with Crippen LogP contribution in [0.5, 0.6) is 0 Å². The van der Waals surface area contributed by atoms with E-state index in [9.17, 15) is 4.79 Å². The predicted octanol–water partition coefficient (Wildman–Crippen LogP) is 5.48. The van der Waals surface area contributed by atoms with Gasteiger partial charge in [-0.3, -0.25) is 9.36 Å². The van der Waals surface area contributed by atoms with Gasteiger partial charge in [0.2, 0.25) is 0 Å². The number of hydrogen-bond acceptors (Lipinski definition) is 6. The number of thiazole rings is 1. The number of hydrogen-bond donors (Lipinski definition) is 0. The lowest BCUT2D eigenvalue weighted by Crippen LogP contribution is -2.38. The van der Waals surface area contributed by atoms with Gasteiger partial charge in [0.25, 0.3) is 5.91 Å². The Hall–Kier alpha value is -2.97. The number of likely N-dealkylation sites (tertiary alicyclic amines) is 1. The Kier molecular flexibility index (Phi) is 7.06. The zero-order valence-electron chi connectivity index (χ0n) is 19.1. The maximum atomic E-state index is 12.8. The van der Waals surface area contributed by atoms with Crippen molar-refractivity contribution >= 4 is 29.0 Å². The molecule has 2 aromatic carbocycles. The molecule has 0 N–H and O–H groups in total. The molecule has 1 aliphatic rings. The standard InChI is InChI=1S/C26H27N5OS2/c1-19-12-14-30(15-13-19)25(32)22-17-33-24(27-22)18-34-26-29-28-23(16-20-8-4-2-5-9-20)31(26)21-10-6-3-7-11-21/h2-11,17,19H,12-16,18H2,1H3. The molecule has 34 heavy (non-hydrogen) atoms. The summed E-state index contributed by atoms with van der Waals surface area (Å²) in [5.74, 6) is 2.29. The van der Waals surface area contributed by atoms with Crippen LogP contribution in [0.25, 0.3) is 5.69 Å². The zero-order chi connectivity index (χ0) is 23.3. The fourth-order valence-electron chi connectivity index (χ4n) is 4.10. The first-order valence-electron chi connectivity index (χ1n) is 11.6. The molecule has 0 unspecified atom stereocenters. The van der Waals surface area contributed by atoms with Gasteiger partial charge in [-0.15, -0.1) is 21.5 Å². The van der Waals surface area contributed by atoms with Crippen LogP contribution in [-0.2, 0) is 12.2 Å². The summed E-state index contributed by atoms with van der Waals surface area (Å²) in [6.45, 7) is 3.90. The minimum absolute atomic E-state index is 0.0528. The molecule has 174 valence electrons.